The number of carbonyl (C=O) groups excluding carboxylic acids is 2. The molecule has 3 rings (SSSR count). The molecule has 2 amide bonds. The predicted octanol–water partition coefficient (Wildman–Crippen LogP) is 4.15. The van der Waals surface area contributed by atoms with E-state index in [0.717, 1.165) is 23.2 Å². The number of piperidine rings is 1. The van der Waals surface area contributed by atoms with Crippen LogP contribution in [0.3, 0.4) is 0 Å². The number of hydrogen-bond donors (Lipinski definition) is 1. The second kappa shape index (κ2) is 10.0. The van der Waals surface area contributed by atoms with Crippen molar-refractivity contribution < 1.29 is 36.3 Å². The highest BCUT2D eigenvalue weighted by Gasteiger charge is 2.43. The molecular weight excluding hydrogens is 477 g/mol. The lowest BCUT2D eigenvalue weighted by molar-refractivity contribution is -0.274. The van der Waals surface area contributed by atoms with Crippen LogP contribution in [0.25, 0.3) is 0 Å². The Kier molecular flexibility index (Phi) is 7.46. The van der Waals surface area contributed by atoms with Gasteiger partial charge in [0.1, 0.15) is 23.1 Å². The molecule has 0 radical (unpaired) electrons. The SMILES string of the molecule is CC(=O)N(C)C[C@H]1CCC(F)(F)CN1C(=O)c1nc(Nc2cc(OC(F)(F)F)ccn2)ccc1C. The number of amides is 2. The van der Waals surface area contributed by atoms with E-state index in [4.69, 9.17) is 0 Å². The number of aryl methyl sites for hydroxylation is 1. The molecule has 1 aliphatic heterocycles. The lowest BCUT2D eigenvalue weighted by atomic mass is 9.97. The Balaban J connectivity index is 1.85. The predicted molar refractivity (Wildman–Crippen MR) is 115 cm³/mol. The molecule has 190 valence electrons. The monoisotopic (exact) mass is 501 g/mol. The molecule has 1 fully saturated rings. The number of aromatic nitrogens is 2. The summed E-state index contributed by atoms with van der Waals surface area (Å²) in [4.78, 5) is 35.5. The van der Waals surface area contributed by atoms with E-state index in [0.29, 0.717) is 5.56 Å². The zero-order valence-corrected chi connectivity index (χ0v) is 19.2. The smallest absolute Gasteiger partial charge is 0.406 e. The maximum absolute atomic E-state index is 14.2. The van der Waals surface area contributed by atoms with Crippen LogP contribution >= 0.6 is 0 Å². The number of rotatable bonds is 6. The van der Waals surface area contributed by atoms with E-state index in [2.05, 4.69) is 20.0 Å². The fourth-order valence-corrected chi connectivity index (χ4v) is 3.62. The molecule has 2 aromatic rings. The fraction of sp³-hybridized carbons (Fsp3) is 0.455. The van der Waals surface area contributed by atoms with Crippen molar-refractivity contribution in [3.8, 4) is 5.75 Å². The lowest BCUT2D eigenvalue weighted by Gasteiger charge is -2.40. The maximum Gasteiger partial charge on any atom is 0.573 e. The first kappa shape index (κ1) is 26.1. The summed E-state index contributed by atoms with van der Waals surface area (Å²) in [6.07, 6.45) is -4.20. The number of anilines is 2. The van der Waals surface area contributed by atoms with Gasteiger partial charge in [-0.25, -0.2) is 18.7 Å². The number of hydrogen-bond acceptors (Lipinski definition) is 6. The highest BCUT2D eigenvalue weighted by molar-refractivity contribution is 5.94. The summed E-state index contributed by atoms with van der Waals surface area (Å²) in [7, 11) is 1.52. The number of halogens is 5. The number of likely N-dealkylation sites (N-methyl/N-ethyl adjacent to an activating group) is 1. The Labute approximate surface area is 198 Å². The summed E-state index contributed by atoms with van der Waals surface area (Å²) in [6.45, 7) is 2.19. The van der Waals surface area contributed by atoms with Crippen LogP contribution < -0.4 is 10.1 Å². The van der Waals surface area contributed by atoms with Gasteiger partial charge in [-0.3, -0.25) is 9.59 Å². The van der Waals surface area contributed by atoms with Crippen molar-refractivity contribution in [2.75, 3.05) is 25.5 Å². The van der Waals surface area contributed by atoms with Gasteiger partial charge in [-0.2, -0.15) is 0 Å². The summed E-state index contributed by atoms with van der Waals surface area (Å²) in [5, 5.41) is 2.69. The van der Waals surface area contributed by atoms with Gasteiger partial charge in [0.05, 0.1) is 12.6 Å². The molecule has 35 heavy (non-hydrogen) atoms. The van der Waals surface area contributed by atoms with Crippen LogP contribution in [0.2, 0.25) is 0 Å². The van der Waals surface area contributed by atoms with Crippen molar-refractivity contribution in [2.45, 2.75) is 45.0 Å². The Bertz CT molecular complexity index is 1100. The number of nitrogens with zero attached hydrogens (tertiary/aromatic N) is 4. The molecule has 3 heterocycles. The average Bonchev–Trinajstić information content (AvgIpc) is 2.74. The van der Waals surface area contributed by atoms with Gasteiger partial charge >= 0.3 is 6.36 Å². The number of likely N-dealkylation sites (tertiary alicyclic amines) is 1. The van der Waals surface area contributed by atoms with Crippen LogP contribution in [0.4, 0.5) is 33.6 Å². The van der Waals surface area contributed by atoms with Crippen LogP contribution in [-0.2, 0) is 4.79 Å². The summed E-state index contributed by atoms with van der Waals surface area (Å²) in [6, 6.07) is 4.38. The minimum Gasteiger partial charge on any atom is -0.406 e. The van der Waals surface area contributed by atoms with Gasteiger partial charge in [-0.1, -0.05) is 6.07 Å². The van der Waals surface area contributed by atoms with Crippen LogP contribution in [0.5, 0.6) is 5.75 Å². The fourth-order valence-electron chi connectivity index (χ4n) is 3.62. The van der Waals surface area contributed by atoms with E-state index < -0.39 is 42.9 Å². The number of alkyl halides is 5. The molecule has 0 unspecified atom stereocenters. The van der Waals surface area contributed by atoms with Crippen molar-refractivity contribution in [1.82, 2.24) is 19.8 Å². The minimum atomic E-state index is -4.89. The first-order chi connectivity index (χ1) is 16.2. The summed E-state index contributed by atoms with van der Waals surface area (Å²) in [5.41, 5.74) is 0.307. The third-order valence-electron chi connectivity index (χ3n) is 5.49. The zero-order chi connectivity index (χ0) is 26.0. The second-order valence-electron chi connectivity index (χ2n) is 8.29. The Morgan fingerprint density at radius 2 is 1.97 bits per heavy atom. The van der Waals surface area contributed by atoms with Gasteiger partial charge in [0.25, 0.3) is 11.8 Å². The molecule has 0 aromatic carbocycles. The van der Waals surface area contributed by atoms with Crippen molar-refractivity contribution in [1.29, 1.82) is 0 Å². The first-order valence-electron chi connectivity index (χ1n) is 10.6. The Morgan fingerprint density at radius 1 is 1.26 bits per heavy atom. The van der Waals surface area contributed by atoms with Crippen LogP contribution in [0, 0.1) is 6.92 Å². The number of nitrogens with one attached hydrogen (secondary N) is 1. The van der Waals surface area contributed by atoms with Crippen molar-refractivity contribution in [2.24, 2.45) is 0 Å². The van der Waals surface area contributed by atoms with Crippen LogP contribution in [0.1, 0.15) is 35.8 Å². The molecular formula is C22H24F5N5O3. The van der Waals surface area contributed by atoms with Crippen LogP contribution in [0.15, 0.2) is 30.5 Å². The van der Waals surface area contributed by atoms with E-state index in [-0.39, 0.29) is 36.2 Å². The molecule has 1 aliphatic rings. The van der Waals surface area contributed by atoms with Gasteiger partial charge < -0.3 is 19.9 Å². The van der Waals surface area contributed by atoms with Crippen LogP contribution in [-0.4, -0.2) is 70.0 Å². The van der Waals surface area contributed by atoms with E-state index in [9.17, 15) is 31.5 Å². The third-order valence-corrected chi connectivity index (χ3v) is 5.49. The largest absolute Gasteiger partial charge is 0.573 e. The molecule has 1 N–H and O–H groups in total. The Hall–Kier alpha value is -3.51. The first-order valence-corrected chi connectivity index (χ1v) is 10.6. The highest BCUT2D eigenvalue weighted by atomic mass is 19.4. The van der Waals surface area contributed by atoms with E-state index in [1.54, 1.807) is 6.92 Å². The quantitative estimate of drug-likeness (QED) is 0.599. The molecule has 0 saturated carbocycles. The van der Waals surface area contributed by atoms with Crippen molar-refractivity contribution in [3.05, 3.63) is 41.7 Å². The normalized spacial score (nSPS) is 17.6. The van der Waals surface area contributed by atoms with Crippen molar-refractivity contribution in [3.63, 3.8) is 0 Å². The lowest BCUT2D eigenvalue weighted by Crippen LogP contribution is -2.55. The molecule has 8 nitrogen and oxygen atoms in total. The molecule has 2 aromatic heterocycles. The summed E-state index contributed by atoms with van der Waals surface area (Å²) < 4.78 is 69.7. The minimum absolute atomic E-state index is 0.00324. The highest BCUT2D eigenvalue weighted by Crippen LogP contribution is 2.32. The number of ether oxygens (including phenoxy) is 1. The number of carbonyl (C=O) groups is 2. The van der Waals surface area contributed by atoms with Gasteiger partial charge in [0.2, 0.25) is 5.91 Å². The van der Waals surface area contributed by atoms with Gasteiger partial charge in [-0.15, -0.1) is 13.2 Å². The van der Waals surface area contributed by atoms with Gasteiger partial charge in [0, 0.05) is 39.2 Å². The van der Waals surface area contributed by atoms with Gasteiger partial charge in [-0.05, 0) is 31.0 Å². The molecule has 1 saturated heterocycles. The van der Waals surface area contributed by atoms with E-state index in [1.165, 1.54) is 31.0 Å². The molecule has 0 bridgehead atoms. The maximum atomic E-state index is 14.2. The summed E-state index contributed by atoms with van der Waals surface area (Å²) in [5.74, 6) is -4.57. The second-order valence-corrected chi connectivity index (χ2v) is 8.29. The van der Waals surface area contributed by atoms with E-state index in [1.807, 2.05) is 0 Å². The molecule has 1 atom stereocenters. The van der Waals surface area contributed by atoms with Gasteiger partial charge in [0.15, 0.2) is 0 Å². The summed E-state index contributed by atoms with van der Waals surface area (Å²) >= 11 is 0. The van der Waals surface area contributed by atoms with Crippen molar-refractivity contribution >= 4 is 23.5 Å². The van der Waals surface area contributed by atoms with E-state index >= 15 is 0 Å². The molecule has 0 spiro atoms. The topological polar surface area (TPSA) is 87.7 Å². The number of pyridine rings is 2. The standard InChI is InChI=1S/C22H24F5N5O3/c1-13-4-5-17(29-18-10-16(7-9-28-18)35-22(25,26)27)30-19(13)20(34)32-12-21(23,24)8-6-15(32)11-31(3)14(2)33/h4-5,7,9-10,15H,6,8,11-12H2,1-3H3,(H,28,29,30)/t15-/m1/s1. The average molecular weight is 501 g/mol. The molecule has 0 aliphatic carbocycles. The Morgan fingerprint density at radius 3 is 2.63 bits per heavy atom. The third kappa shape index (κ3) is 6.99. The zero-order valence-electron chi connectivity index (χ0n) is 19.2. The molecule has 13 heteroatoms.